The number of carbonyl (C=O) groups is 1. The monoisotopic (exact) mass is 416 g/mol. The van der Waals surface area contributed by atoms with E-state index in [0.29, 0.717) is 0 Å². The van der Waals surface area contributed by atoms with Crippen LogP contribution in [0.4, 0.5) is 5.69 Å². The molecule has 1 heterocycles. The van der Waals surface area contributed by atoms with Gasteiger partial charge in [-0.05, 0) is 48.7 Å². The highest BCUT2D eigenvalue weighted by Gasteiger charge is 2.39. The van der Waals surface area contributed by atoms with Crippen LogP contribution < -0.4 is 10.6 Å². The van der Waals surface area contributed by atoms with Gasteiger partial charge in [-0.15, -0.1) is 0 Å². The summed E-state index contributed by atoms with van der Waals surface area (Å²) < 4.78 is 0. The number of para-hydroxylation sites is 1. The second kappa shape index (κ2) is 11.1. The number of benzene rings is 3. The normalized spacial score (nSPS) is 17.2. The summed E-state index contributed by atoms with van der Waals surface area (Å²) in [6.45, 7) is 8.39. The van der Waals surface area contributed by atoms with Crippen molar-refractivity contribution in [2.75, 3.05) is 18.0 Å². The first-order valence-corrected chi connectivity index (χ1v) is 11.7. The Morgan fingerprint density at radius 1 is 0.903 bits per heavy atom. The summed E-state index contributed by atoms with van der Waals surface area (Å²) in [5.74, 6) is 0.129. The summed E-state index contributed by atoms with van der Waals surface area (Å²) in [5.41, 5.74) is 8.44. The number of unbranched alkanes of at least 4 members (excludes halogenated alkanes) is 2. The van der Waals surface area contributed by atoms with Gasteiger partial charge < -0.3 is 10.6 Å². The second-order valence-corrected chi connectivity index (χ2v) is 8.36. The van der Waals surface area contributed by atoms with Gasteiger partial charge in [-0.1, -0.05) is 87.4 Å². The Morgan fingerprint density at radius 2 is 1.61 bits per heavy atom. The Balaban J connectivity index is 0.000000401. The van der Waals surface area contributed by atoms with Crippen molar-refractivity contribution in [3.05, 3.63) is 77.9 Å². The molecule has 3 aromatic rings. The molecule has 0 fully saturated rings. The molecule has 1 aliphatic heterocycles. The number of ketones is 1. The minimum Gasteiger partial charge on any atom is -0.368 e. The molecule has 164 valence electrons. The van der Waals surface area contributed by atoms with E-state index in [9.17, 15) is 4.79 Å². The zero-order chi connectivity index (χ0) is 22.2. The Hall–Kier alpha value is -2.65. The molecule has 1 aliphatic rings. The van der Waals surface area contributed by atoms with E-state index in [1.807, 2.05) is 30.3 Å². The number of nitrogens with zero attached hydrogens (tertiary/aromatic N) is 1. The average molecular weight is 417 g/mol. The lowest BCUT2D eigenvalue weighted by atomic mass is 9.86. The van der Waals surface area contributed by atoms with Gasteiger partial charge in [0.2, 0.25) is 0 Å². The molecule has 0 spiro atoms. The molecule has 0 saturated heterocycles. The van der Waals surface area contributed by atoms with Gasteiger partial charge in [0.05, 0.1) is 5.92 Å². The standard InChI is InChI=1S/C23H23NO.C5H13N/c1-3-15-24-16(2)22(20-12-6-7-14-21(20)24)23(25)19-13-8-10-17-9-4-5-11-18(17)19;1-2-3-4-5-6/h4-14,16,22H,3,15H2,1-2H3;2-6H2,1H3. The van der Waals surface area contributed by atoms with Gasteiger partial charge in [-0.2, -0.15) is 0 Å². The number of carbonyl (C=O) groups excluding carboxylic acids is 1. The molecule has 31 heavy (non-hydrogen) atoms. The fourth-order valence-electron chi connectivity index (χ4n) is 4.60. The molecule has 0 saturated carbocycles. The molecule has 3 aromatic carbocycles. The van der Waals surface area contributed by atoms with Crippen LogP contribution in [0.25, 0.3) is 10.8 Å². The molecule has 3 nitrogen and oxygen atoms in total. The maximum Gasteiger partial charge on any atom is 0.173 e. The van der Waals surface area contributed by atoms with Crippen molar-refractivity contribution in [3.8, 4) is 0 Å². The SMILES string of the molecule is CCCCCN.CCCN1c2ccccc2C(C(=O)c2cccc3ccccc23)C1C. The summed E-state index contributed by atoms with van der Waals surface area (Å²) in [6.07, 6.45) is 4.83. The fraction of sp³-hybridized carbons (Fsp3) is 0.393. The minimum atomic E-state index is -0.103. The first-order valence-electron chi connectivity index (χ1n) is 11.7. The van der Waals surface area contributed by atoms with Gasteiger partial charge in [0.25, 0.3) is 0 Å². The number of nitrogens with two attached hydrogens (primary N) is 1. The number of fused-ring (bicyclic) bond motifs is 2. The molecule has 0 amide bonds. The van der Waals surface area contributed by atoms with E-state index in [1.54, 1.807) is 0 Å². The summed E-state index contributed by atoms with van der Waals surface area (Å²) >= 11 is 0. The van der Waals surface area contributed by atoms with Gasteiger partial charge >= 0.3 is 0 Å². The first kappa shape index (κ1) is 23.0. The minimum absolute atomic E-state index is 0.103. The quantitative estimate of drug-likeness (QED) is 0.350. The summed E-state index contributed by atoms with van der Waals surface area (Å²) in [7, 11) is 0. The zero-order valence-corrected chi connectivity index (χ0v) is 19.2. The van der Waals surface area contributed by atoms with Crippen molar-refractivity contribution in [1.29, 1.82) is 0 Å². The lowest BCUT2D eigenvalue weighted by molar-refractivity contribution is 0.0955. The molecular formula is C28H36N2O. The maximum absolute atomic E-state index is 13.6. The van der Waals surface area contributed by atoms with Gasteiger partial charge in [-0.3, -0.25) is 4.79 Å². The maximum atomic E-state index is 13.6. The average Bonchev–Trinajstić information content (AvgIpc) is 3.09. The molecule has 2 N–H and O–H groups in total. The van der Waals surface area contributed by atoms with Crippen LogP contribution in [0, 0.1) is 0 Å². The van der Waals surface area contributed by atoms with Crippen molar-refractivity contribution in [3.63, 3.8) is 0 Å². The largest absolute Gasteiger partial charge is 0.368 e. The van der Waals surface area contributed by atoms with Crippen molar-refractivity contribution in [1.82, 2.24) is 0 Å². The number of hydrogen-bond donors (Lipinski definition) is 1. The highest BCUT2D eigenvalue weighted by Crippen LogP contribution is 2.43. The lowest BCUT2D eigenvalue weighted by Gasteiger charge is -2.26. The van der Waals surface area contributed by atoms with Crippen LogP contribution in [-0.2, 0) is 0 Å². The molecule has 0 aliphatic carbocycles. The molecule has 0 radical (unpaired) electrons. The van der Waals surface area contributed by atoms with E-state index in [4.69, 9.17) is 5.73 Å². The van der Waals surface area contributed by atoms with E-state index in [1.165, 1.54) is 30.5 Å². The third-order valence-electron chi connectivity index (χ3n) is 6.17. The second-order valence-electron chi connectivity index (χ2n) is 8.36. The van der Waals surface area contributed by atoms with Gasteiger partial charge in [0, 0.05) is 23.8 Å². The van der Waals surface area contributed by atoms with E-state index in [2.05, 4.69) is 62.1 Å². The summed E-state index contributed by atoms with van der Waals surface area (Å²) in [4.78, 5) is 15.9. The van der Waals surface area contributed by atoms with Crippen LogP contribution in [0.3, 0.4) is 0 Å². The van der Waals surface area contributed by atoms with Crippen LogP contribution in [0.5, 0.6) is 0 Å². The smallest absolute Gasteiger partial charge is 0.173 e. The molecule has 2 atom stereocenters. The molecular weight excluding hydrogens is 380 g/mol. The fourth-order valence-corrected chi connectivity index (χ4v) is 4.60. The van der Waals surface area contributed by atoms with E-state index in [-0.39, 0.29) is 17.7 Å². The number of hydrogen-bond acceptors (Lipinski definition) is 3. The molecule has 2 unspecified atom stereocenters. The van der Waals surface area contributed by atoms with E-state index >= 15 is 0 Å². The van der Waals surface area contributed by atoms with Crippen molar-refractivity contribution in [2.24, 2.45) is 5.73 Å². The van der Waals surface area contributed by atoms with Gasteiger partial charge in [-0.25, -0.2) is 0 Å². The highest BCUT2D eigenvalue weighted by atomic mass is 16.1. The zero-order valence-electron chi connectivity index (χ0n) is 19.2. The first-order chi connectivity index (χ1) is 15.1. The number of anilines is 1. The van der Waals surface area contributed by atoms with E-state index < -0.39 is 0 Å². The van der Waals surface area contributed by atoms with Gasteiger partial charge in [0.15, 0.2) is 5.78 Å². The summed E-state index contributed by atoms with van der Waals surface area (Å²) in [5, 5.41) is 2.17. The van der Waals surface area contributed by atoms with Crippen LogP contribution in [0.1, 0.15) is 68.3 Å². The Kier molecular flexibility index (Phi) is 8.25. The molecule has 0 aromatic heterocycles. The predicted molar refractivity (Wildman–Crippen MR) is 133 cm³/mol. The van der Waals surface area contributed by atoms with Crippen molar-refractivity contribution >= 4 is 22.2 Å². The topological polar surface area (TPSA) is 46.3 Å². The predicted octanol–water partition coefficient (Wildman–Crippen LogP) is 6.56. The molecule has 0 bridgehead atoms. The van der Waals surface area contributed by atoms with Gasteiger partial charge in [0.1, 0.15) is 0 Å². The van der Waals surface area contributed by atoms with Crippen LogP contribution in [-0.4, -0.2) is 24.9 Å². The van der Waals surface area contributed by atoms with Crippen molar-refractivity contribution < 1.29 is 4.79 Å². The molecule has 3 heteroatoms. The molecule has 4 rings (SSSR count). The number of rotatable bonds is 7. The summed E-state index contributed by atoms with van der Waals surface area (Å²) in [6, 6.07) is 22.8. The lowest BCUT2D eigenvalue weighted by Crippen LogP contribution is -2.34. The Bertz CT molecular complexity index is 988. The highest BCUT2D eigenvalue weighted by molar-refractivity contribution is 6.12. The number of Topliss-reactive ketones (excluding diaryl/α,β-unsaturated/α-hetero) is 1. The van der Waals surface area contributed by atoms with Crippen LogP contribution in [0.2, 0.25) is 0 Å². The third kappa shape index (κ3) is 4.99. The third-order valence-corrected chi connectivity index (χ3v) is 6.17. The van der Waals surface area contributed by atoms with E-state index in [0.717, 1.165) is 35.8 Å². The Labute approximate surface area is 187 Å². The Morgan fingerprint density at radius 3 is 2.32 bits per heavy atom. The van der Waals surface area contributed by atoms with Crippen LogP contribution in [0.15, 0.2) is 66.7 Å². The van der Waals surface area contributed by atoms with Crippen molar-refractivity contribution in [2.45, 2.75) is 58.4 Å². The van der Waals surface area contributed by atoms with Crippen LogP contribution >= 0.6 is 0 Å².